The lowest BCUT2D eigenvalue weighted by Gasteiger charge is -2.06. The van der Waals surface area contributed by atoms with Crippen molar-refractivity contribution in [3.8, 4) is 11.3 Å². The predicted octanol–water partition coefficient (Wildman–Crippen LogP) is 2.80. The Morgan fingerprint density at radius 1 is 1.25 bits per heavy atom. The van der Waals surface area contributed by atoms with Crippen LogP contribution >= 0.6 is 36.4 Å². The minimum absolute atomic E-state index is 0. The summed E-state index contributed by atoms with van der Waals surface area (Å²) in [5.74, 6) is 0.0765. The van der Waals surface area contributed by atoms with Crippen molar-refractivity contribution in [3.63, 3.8) is 0 Å². The van der Waals surface area contributed by atoms with E-state index in [9.17, 15) is 4.79 Å². The van der Waals surface area contributed by atoms with Gasteiger partial charge in [-0.2, -0.15) is 0 Å². The SMILES string of the molecule is COCCNCCNC(=O)c1ncoc1-c1ccccc1Cl.Cl.Cl. The molecular formula is C15H20Cl3N3O3. The van der Waals surface area contributed by atoms with Crippen molar-refractivity contribution in [1.82, 2.24) is 15.6 Å². The van der Waals surface area contributed by atoms with Gasteiger partial charge in [-0.1, -0.05) is 23.7 Å². The van der Waals surface area contributed by atoms with E-state index in [1.54, 1.807) is 19.2 Å². The summed E-state index contributed by atoms with van der Waals surface area (Å²) in [5, 5.41) is 6.43. The number of rotatable bonds is 8. The van der Waals surface area contributed by atoms with E-state index in [-0.39, 0.29) is 36.4 Å². The van der Waals surface area contributed by atoms with Gasteiger partial charge in [0.2, 0.25) is 0 Å². The maximum absolute atomic E-state index is 12.2. The van der Waals surface area contributed by atoms with Gasteiger partial charge in [0.15, 0.2) is 17.8 Å². The number of hydrogen-bond acceptors (Lipinski definition) is 5. The van der Waals surface area contributed by atoms with Crippen LogP contribution in [-0.4, -0.2) is 44.2 Å². The number of benzene rings is 1. The summed E-state index contributed by atoms with van der Waals surface area (Å²) in [6.07, 6.45) is 1.24. The van der Waals surface area contributed by atoms with Crippen molar-refractivity contribution in [1.29, 1.82) is 0 Å². The van der Waals surface area contributed by atoms with Gasteiger partial charge in [-0.15, -0.1) is 24.8 Å². The Bertz CT molecular complexity index is 623. The number of methoxy groups -OCH3 is 1. The van der Waals surface area contributed by atoms with Gasteiger partial charge >= 0.3 is 0 Å². The summed E-state index contributed by atoms with van der Waals surface area (Å²) in [4.78, 5) is 16.2. The first-order valence-electron chi connectivity index (χ1n) is 6.90. The Hall–Kier alpha value is -1.31. The molecule has 0 fully saturated rings. The van der Waals surface area contributed by atoms with Gasteiger partial charge in [0.1, 0.15) is 0 Å². The maximum atomic E-state index is 12.2. The van der Waals surface area contributed by atoms with Crippen LogP contribution in [0.15, 0.2) is 35.1 Å². The smallest absolute Gasteiger partial charge is 0.273 e. The number of oxazole rings is 1. The molecule has 134 valence electrons. The predicted molar refractivity (Wildman–Crippen MR) is 98.5 cm³/mol. The van der Waals surface area contributed by atoms with Crippen LogP contribution in [0, 0.1) is 0 Å². The quantitative estimate of drug-likeness (QED) is 0.671. The highest BCUT2D eigenvalue weighted by Gasteiger charge is 2.19. The van der Waals surface area contributed by atoms with Gasteiger partial charge in [-0.25, -0.2) is 4.98 Å². The molecule has 2 N–H and O–H groups in total. The summed E-state index contributed by atoms with van der Waals surface area (Å²) < 4.78 is 10.2. The standard InChI is InChI=1S/C15H18ClN3O3.2ClH/c1-21-9-8-17-6-7-18-15(20)13-14(22-10-19-13)11-4-2-3-5-12(11)16;;/h2-5,10,17H,6-9H2,1H3,(H,18,20);2*1H. The topological polar surface area (TPSA) is 76.4 Å². The molecule has 0 aliphatic rings. The van der Waals surface area contributed by atoms with Crippen LogP contribution in [0.25, 0.3) is 11.3 Å². The lowest BCUT2D eigenvalue weighted by molar-refractivity contribution is 0.0949. The molecule has 1 aromatic heterocycles. The molecule has 2 rings (SSSR count). The summed E-state index contributed by atoms with van der Waals surface area (Å²) in [6.45, 7) is 2.50. The summed E-state index contributed by atoms with van der Waals surface area (Å²) in [6, 6.07) is 7.16. The first-order chi connectivity index (χ1) is 10.7. The highest BCUT2D eigenvalue weighted by atomic mass is 35.5. The lowest BCUT2D eigenvalue weighted by Crippen LogP contribution is -2.33. The van der Waals surface area contributed by atoms with Crippen molar-refractivity contribution in [2.75, 3.05) is 33.4 Å². The van der Waals surface area contributed by atoms with E-state index in [0.29, 0.717) is 36.0 Å². The number of carbonyl (C=O) groups excluding carboxylic acids is 1. The molecule has 0 radical (unpaired) electrons. The van der Waals surface area contributed by atoms with E-state index in [0.717, 1.165) is 6.54 Å². The van der Waals surface area contributed by atoms with E-state index in [2.05, 4.69) is 15.6 Å². The number of halogens is 3. The van der Waals surface area contributed by atoms with Crippen LogP contribution in [-0.2, 0) is 4.74 Å². The molecule has 0 unspecified atom stereocenters. The molecule has 0 saturated heterocycles. The van der Waals surface area contributed by atoms with Gasteiger partial charge < -0.3 is 19.8 Å². The summed E-state index contributed by atoms with van der Waals surface area (Å²) in [5.41, 5.74) is 0.870. The van der Waals surface area contributed by atoms with E-state index in [1.165, 1.54) is 6.39 Å². The molecule has 0 aliphatic carbocycles. The minimum Gasteiger partial charge on any atom is -0.443 e. The Balaban J connectivity index is 0.00000264. The van der Waals surface area contributed by atoms with E-state index >= 15 is 0 Å². The molecule has 0 spiro atoms. The second-order valence-electron chi connectivity index (χ2n) is 4.51. The minimum atomic E-state index is -0.294. The lowest BCUT2D eigenvalue weighted by atomic mass is 10.1. The maximum Gasteiger partial charge on any atom is 0.273 e. The van der Waals surface area contributed by atoms with E-state index in [4.69, 9.17) is 20.8 Å². The molecule has 1 amide bonds. The van der Waals surface area contributed by atoms with Gasteiger partial charge in [-0.05, 0) is 12.1 Å². The van der Waals surface area contributed by atoms with Gasteiger partial charge in [0, 0.05) is 32.3 Å². The zero-order chi connectivity index (χ0) is 15.8. The van der Waals surface area contributed by atoms with Crippen molar-refractivity contribution in [3.05, 3.63) is 41.4 Å². The summed E-state index contributed by atoms with van der Waals surface area (Å²) >= 11 is 6.13. The highest BCUT2D eigenvalue weighted by Crippen LogP contribution is 2.29. The third kappa shape index (κ3) is 6.30. The van der Waals surface area contributed by atoms with Crippen LogP contribution in [0.4, 0.5) is 0 Å². The van der Waals surface area contributed by atoms with E-state index in [1.807, 2.05) is 12.1 Å². The number of carbonyl (C=O) groups is 1. The fourth-order valence-corrected chi connectivity index (χ4v) is 2.11. The molecule has 2 aromatic rings. The Morgan fingerprint density at radius 2 is 2.00 bits per heavy atom. The Labute approximate surface area is 158 Å². The molecule has 0 atom stereocenters. The molecule has 0 aliphatic heterocycles. The Kier molecular flexibility index (Phi) is 11.4. The van der Waals surface area contributed by atoms with E-state index < -0.39 is 0 Å². The van der Waals surface area contributed by atoms with Crippen molar-refractivity contribution < 1.29 is 13.9 Å². The zero-order valence-corrected chi connectivity index (χ0v) is 15.5. The van der Waals surface area contributed by atoms with Crippen LogP contribution < -0.4 is 10.6 Å². The zero-order valence-electron chi connectivity index (χ0n) is 13.1. The Morgan fingerprint density at radius 3 is 2.71 bits per heavy atom. The average molecular weight is 397 g/mol. The van der Waals surface area contributed by atoms with Crippen LogP contribution in [0.2, 0.25) is 5.02 Å². The van der Waals surface area contributed by atoms with Crippen LogP contribution in [0.1, 0.15) is 10.5 Å². The fourth-order valence-electron chi connectivity index (χ4n) is 1.89. The normalized spacial score (nSPS) is 9.75. The first-order valence-corrected chi connectivity index (χ1v) is 7.28. The van der Waals surface area contributed by atoms with Crippen LogP contribution in [0.3, 0.4) is 0 Å². The second-order valence-corrected chi connectivity index (χ2v) is 4.92. The molecule has 1 heterocycles. The third-order valence-corrected chi connectivity index (χ3v) is 3.30. The van der Waals surface area contributed by atoms with Crippen LogP contribution in [0.5, 0.6) is 0 Å². The average Bonchev–Trinajstić information content (AvgIpc) is 3.00. The first kappa shape index (κ1) is 22.7. The van der Waals surface area contributed by atoms with Gasteiger partial charge in [0.05, 0.1) is 11.6 Å². The largest absolute Gasteiger partial charge is 0.443 e. The van der Waals surface area contributed by atoms with Crippen molar-refractivity contribution >= 4 is 42.3 Å². The third-order valence-electron chi connectivity index (χ3n) is 2.97. The number of nitrogens with one attached hydrogen (secondary N) is 2. The molecule has 1 aromatic carbocycles. The molecular weight excluding hydrogens is 377 g/mol. The summed E-state index contributed by atoms with van der Waals surface area (Å²) in [7, 11) is 1.64. The van der Waals surface area contributed by atoms with Crippen molar-refractivity contribution in [2.45, 2.75) is 0 Å². The fraction of sp³-hybridized carbons (Fsp3) is 0.333. The van der Waals surface area contributed by atoms with Gasteiger partial charge in [0.25, 0.3) is 5.91 Å². The number of ether oxygens (including phenoxy) is 1. The number of hydrogen-bond donors (Lipinski definition) is 2. The van der Waals surface area contributed by atoms with Gasteiger partial charge in [-0.3, -0.25) is 4.79 Å². The number of amides is 1. The van der Waals surface area contributed by atoms with Crippen molar-refractivity contribution in [2.24, 2.45) is 0 Å². The molecule has 9 heteroatoms. The number of aromatic nitrogens is 1. The molecule has 6 nitrogen and oxygen atoms in total. The monoisotopic (exact) mass is 395 g/mol. The number of nitrogens with zero attached hydrogens (tertiary/aromatic N) is 1. The molecule has 0 saturated carbocycles. The molecule has 0 bridgehead atoms. The second kappa shape index (κ2) is 12.1. The highest BCUT2D eigenvalue weighted by molar-refractivity contribution is 6.33. The molecule has 24 heavy (non-hydrogen) atoms.